The van der Waals surface area contributed by atoms with Crippen LogP contribution >= 0.6 is 12.4 Å². The van der Waals surface area contributed by atoms with Gasteiger partial charge in [0.2, 0.25) is 0 Å². The average Bonchev–Trinajstić information content (AvgIpc) is 2.92. The number of benzene rings is 3. The maximum absolute atomic E-state index is 13.3. The second-order valence-electron chi connectivity index (χ2n) is 8.88. The summed E-state index contributed by atoms with van der Waals surface area (Å²) >= 11 is 0. The predicted molar refractivity (Wildman–Crippen MR) is 143 cm³/mol. The first-order chi connectivity index (χ1) is 17.6. The minimum absolute atomic E-state index is 0. The van der Waals surface area contributed by atoms with Crippen LogP contribution in [0.5, 0.6) is 17.2 Å². The van der Waals surface area contributed by atoms with Crippen molar-refractivity contribution in [2.24, 2.45) is 0 Å². The molecule has 194 valence electrons. The third-order valence-corrected chi connectivity index (χ3v) is 6.41. The summed E-state index contributed by atoms with van der Waals surface area (Å²) in [6, 6.07) is 20.1. The van der Waals surface area contributed by atoms with Gasteiger partial charge in [-0.2, -0.15) is 0 Å². The lowest BCUT2D eigenvalue weighted by atomic mass is 10.00. The molecule has 3 aromatic carbocycles. The minimum Gasteiger partial charge on any atom is -0.496 e. The lowest BCUT2D eigenvalue weighted by Gasteiger charge is -2.33. The lowest BCUT2D eigenvalue weighted by Crippen LogP contribution is -2.55. The van der Waals surface area contributed by atoms with Gasteiger partial charge in [-0.1, -0.05) is 24.3 Å². The largest absolute Gasteiger partial charge is 0.496 e. The Morgan fingerprint density at radius 3 is 2.59 bits per heavy atom. The third kappa shape index (κ3) is 6.34. The van der Waals surface area contributed by atoms with Crippen molar-refractivity contribution in [3.63, 3.8) is 0 Å². The quantitative estimate of drug-likeness (QED) is 0.452. The molecular formula is C28H30ClN3O5. The van der Waals surface area contributed by atoms with Crippen LogP contribution in [0.3, 0.4) is 0 Å². The zero-order valence-electron chi connectivity index (χ0n) is 20.5. The number of carbonyl (C=O) groups excluding carboxylic acids is 2. The lowest BCUT2D eigenvalue weighted by molar-refractivity contribution is -0.123. The molecule has 3 N–H and O–H groups in total. The molecule has 6 rings (SSSR count). The van der Waals surface area contributed by atoms with Gasteiger partial charge in [0.1, 0.15) is 23.4 Å². The van der Waals surface area contributed by atoms with Gasteiger partial charge in [-0.3, -0.25) is 9.59 Å². The Kier molecular flexibility index (Phi) is 8.53. The van der Waals surface area contributed by atoms with Crippen LogP contribution in [0.2, 0.25) is 0 Å². The normalized spacial score (nSPS) is 19.6. The van der Waals surface area contributed by atoms with Crippen molar-refractivity contribution in [2.45, 2.75) is 25.1 Å². The topological polar surface area (TPSA) is 97.9 Å². The smallest absolute Gasteiger partial charge is 0.258 e. The van der Waals surface area contributed by atoms with E-state index in [-0.39, 0.29) is 43.0 Å². The molecule has 2 amide bonds. The van der Waals surface area contributed by atoms with Crippen molar-refractivity contribution in [3.8, 4) is 28.4 Å². The number of carbonyl (C=O) groups is 2. The van der Waals surface area contributed by atoms with Gasteiger partial charge < -0.3 is 30.2 Å². The first kappa shape index (κ1) is 26.3. The van der Waals surface area contributed by atoms with E-state index in [4.69, 9.17) is 14.2 Å². The van der Waals surface area contributed by atoms with Gasteiger partial charge in [0.25, 0.3) is 11.8 Å². The van der Waals surface area contributed by atoms with E-state index < -0.39 is 0 Å². The van der Waals surface area contributed by atoms with Gasteiger partial charge in [-0.25, -0.2) is 0 Å². The van der Waals surface area contributed by atoms with Crippen LogP contribution in [-0.2, 0) is 11.3 Å². The van der Waals surface area contributed by atoms with Crippen molar-refractivity contribution in [1.29, 1.82) is 0 Å². The van der Waals surface area contributed by atoms with Crippen LogP contribution in [-0.4, -0.2) is 50.8 Å². The first-order valence-corrected chi connectivity index (χ1v) is 12.0. The third-order valence-electron chi connectivity index (χ3n) is 6.41. The Bertz CT molecular complexity index is 1250. The van der Waals surface area contributed by atoms with Crippen LogP contribution in [0.1, 0.15) is 22.3 Å². The molecule has 0 saturated carbocycles. The molecule has 3 aliphatic rings. The predicted octanol–water partition coefficient (Wildman–Crippen LogP) is 3.33. The number of piperidine rings is 1. The number of hydrogen-bond acceptors (Lipinski definition) is 6. The molecule has 0 spiro atoms. The molecule has 6 bridgehead atoms. The fourth-order valence-corrected chi connectivity index (χ4v) is 4.46. The molecule has 3 aromatic rings. The molecule has 9 heteroatoms. The highest BCUT2D eigenvalue weighted by molar-refractivity contribution is 5.96. The molecule has 3 heterocycles. The summed E-state index contributed by atoms with van der Waals surface area (Å²) in [4.78, 5) is 25.7. The molecule has 37 heavy (non-hydrogen) atoms. The van der Waals surface area contributed by atoms with E-state index in [9.17, 15) is 9.59 Å². The molecule has 8 nitrogen and oxygen atoms in total. The van der Waals surface area contributed by atoms with Crippen LogP contribution in [0.25, 0.3) is 11.1 Å². The van der Waals surface area contributed by atoms with E-state index in [1.165, 1.54) is 0 Å². The Hall–Kier alpha value is -3.75. The Labute approximate surface area is 222 Å². The molecular weight excluding hydrogens is 494 g/mol. The van der Waals surface area contributed by atoms with Gasteiger partial charge in [-0.15, -0.1) is 12.4 Å². The van der Waals surface area contributed by atoms with Crippen molar-refractivity contribution in [2.75, 3.05) is 26.8 Å². The van der Waals surface area contributed by atoms with Crippen LogP contribution in [0.15, 0.2) is 66.7 Å². The van der Waals surface area contributed by atoms with Crippen LogP contribution < -0.4 is 30.2 Å². The number of methoxy groups -OCH3 is 1. The summed E-state index contributed by atoms with van der Waals surface area (Å²) in [5.41, 5.74) is 3.03. The van der Waals surface area contributed by atoms with E-state index in [0.29, 0.717) is 30.2 Å². The van der Waals surface area contributed by atoms with Crippen molar-refractivity contribution in [3.05, 3.63) is 77.9 Å². The molecule has 1 saturated heterocycles. The number of nitrogens with one attached hydrogen (secondary N) is 3. The second kappa shape index (κ2) is 12.0. The van der Waals surface area contributed by atoms with Gasteiger partial charge in [0, 0.05) is 24.2 Å². The highest BCUT2D eigenvalue weighted by Crippen LogP contribution is 2.33. The van der Waals surface area contributed by atoms with Gasteiger partial charge in [-0.05, 0) is 66.6 Å². The zero-order valence-corrected chi connectivity index (χ0v) is 21.3. The fraction of sp³-hybridized carbons (Fsp3) is 0.286. The summed E-state index contributed by atoms with van der Waals surface area (Å²) in [7, 11) is 1.59. The van der Waals surface area contributed by atoms with Crippen molar-refractivity contribution < 1.29 is 23.8 Å². The number of amides is 2. The van der Waals surface area contributed by atoms with E-state index >= 15 is 0 Å². The Balaban J connectivity index is 0.00000320. The number of hydrogen-bond donors (Lipinski definition) is 3. The first-order valence-electron chi connectivity index (χ1n) is 12.0. The molecule has 0 radical (unpaired) electrons. The number of rotatable bonds is 1. The van der Waals surface area contributed by atoms with E-state index in [0.717, 1.165) is 35.4 Å². The molecule has 1 fully saturated rings. The molecule has 0 aromatic heterocycles. The molecule has 3 aliphatic heterocycles. The highest BCUT2D eigenvalue weighted by Gasteiger charge is 2.29. The van der Waals surface area contributed by atoms with Crippen LogP contribution in [0, 0.1) is 0 Å². The maximum Gasteiger partial charge on any atom is 0.258 e. The van der Waals surface area contributed by atoms with E-state index in [1.807, 2.05) is 48.5 Å². The number of ether oxygens (including phenoxy) is 3. The summed E-state index contributed by atoms with van der Waals surface area (Å²) in [5.74, 6) is 1.50. The molecule has 2 atom stereocenters. The van der Waals surface area contributed by atoms with Gasteiger partial charge in [0.05, 0.1) is 13.2 Å². The minimum atomic E-state index is -0.219. The molecule has 0 unspecified atom stereocenters. The Morgan fingerprint density at radius 2 is 1.78 bits per heavy atom. The zero-order chi connectivity index (χ0) is 24.9. The van der Waals surface area contributed by atoms with Gasteiger partial charge >= 0.3 is 0 Å². The maximum atomic E-state index is 13.3. The SMILES string of the molecule is COc1ccc2cc1-c1cccc(c1)OCC(=O)NCc1ccc(cc1)O[C@@H]1CCNC[C@H]1NC2=O.Cl. The van der Waals surface area contributed by atoms with Crippen molar-refractivity contribution >= 4 is 24.2 Å². The molecule has 0 aliphatic carbocycles. The van der Waals surface area contributed by atoms with Crippen LogP contribution in [0.4, 0.5) is 0 Å². The highest BCUT2D eigenvalue weighted by atomic mass is 35.5. The summed E-state index contributed by atoms with van der Waals surface area (Å²) in [6.45, 7) is 1.70. The average molecular weight is 524 g/mol. The van der Waals surface area contributed by atoms with Gasteiger partial charge in [0.15, 0.2) is 6.61 Å². The Morgan fingerprint density at radius 1 is 0.946 bits per heavy atom. The standard InChI is InChI=1S/C28H29N3O5.ClH/c1-34-25-10-7-20-14-23(25)19-3-2-4-22(13-19)35-17-27(32)30-15-18-5-8-21(9-6-18)36-26-11-12-29-16-24(26)31-28(20)33;/h2-10,13-14,24,26,29H,11-12,15-17H2,1H3,(H,30,32)(H,31,33);1H/t24-,26-;/m1./s1. The fourth-order valence-electron chi connectivity index (χ4n) is 4.46. The number of fused-ring (bicyclic) bond motifs is 7. The van der Waals surface area contributed by atoms with E-state index in [2.05, 4.69) is 16.0 Å². The monoisotopic (exact) mass is 523 g/mol. The summed E-state index contributed by atoms with van der Waals surface area (Å²) in [5, 5.41) is 9.38. The van der Waals surface area contributed by atoms with E-state index in [1.54, 1.807) is 25.3 Å². The number of halogens is 1. The summed E-state index contributed by atoms with van der Waals surface area (Å²) < 4.78 is 17.6. The van der Waals surface area contributed by atoms with Crippen molar-refractivity contribution in [1.82, 2.24) is 16.0 Å². The summed E-state index contributed by atoms with van der Waals surface area (Å²) in [6.07, 6.45) is 0.599. The second-order valence-corrected chi connectivity index (χ2v) is 8.88.